The van der Waals surface area contributed by atoms with Crippen molar-refractivity contribution in [2.45, 2.75) is 207 Å². The third-order valence-electron chi connectivity index (χ3n) is 19.1. The predicted molar refractivity (Wildman–Crippen MR) is 445 cm³/mol. The van der Waals surface area contributed by atoms with Gasteiger partial charge in [0.05, 0.1) is 6.54 Å². The summed E-state index contributed by atoms with van der Waals surface area (Å²) >= 11 is 0. The van der Waals surface area contributed by atoms with Crippen molar-refractivity contribution in [2.75, 3.05) is 65.9 Å². The molecule has 1 amide bonds. The Balaban J connectivity index is 0.000000394. The van der Waals surface area contributed by atoms with E-state index in [1.165, 1.54) is 83.5 Å². The number of quaternary nitrogens is 2. The molecule has 20 heteroatoms. The lowest BCUT2D eigenvalue weighted by Gasteiger charge is -2.19. The molecule has 0 bridgehead atoms. The third kappa shape index (κ3) is 33.1. The largest absolute Gasteiger partial charge is 1.00 e. The number of phenols is 1. The average Bonchev–Trinajstić information content (AvgIpc) is 0.831. The zero-order valence-corrected chi connectivity index (χ0v) is 73.1. The third-order valence-corrected chi connectivity index (χ3v) is 19.1. The molecular formula is C94H127Cl2N3O15. The van der Waals surface area contributed by atoms with Crippen LogP contribution in [-0.2, 0) is 63.8 Å². The van der Waals surface area contributed by atoms with E-state index in [2.05, 4.69) is 181 Å². The van der Waals surface area contributed by atoms with Crippen molar-refractivity contribution in [3.05, 3.63) is 249 Å². The highest BCUT2D eigenvalue weighted by molar-refractivity contribution is 5.72. The molecule has 8 aromatic carbocycles. The number of carboxylic acids is 1. The first-order chi connectivity index (χ1) is 52.7. The van der Waals surface area contributed by atoms with Crippen molar-refractivity contribution in [3.8, 4) is 28.7 Å². The molecule has 0 fully saturated rings. The number of benzene rings is 8. The Morgan fingerprint density at radius 1 is 0.368 bits per heavy atom. The van der Waals surface area contributed by atoms with E-state index in [1.807, 2.05) is 82.3 Å². The first kappa shape index (κ1) is 98.6. The van der Waals surface area contributed by atoms with E-state index in [0.717, 1.165) is 70.2 Å². The zero-order valence-electron chi connectivity index (χ0n) is 71.6. The van der Waals surface area contributed by atoms with Gasteiger partial charge in [-0.2, -0.15) is 0 Å². The van der Waals surface area contributed by atoms with Crippen molar-refractivity contribution in [2.24, 2.45) is 0 Å². The SMILES string of the molecule is Cc1cc(OCC(=O)OCC[NH3+])cc(C)c1Cc1ccc(O)c(C(C)C)c1.Cc1ccc(Cc2c(C)cc(OCC(=O)O)cc2C)cc1C(C)C.Cc1ccc(Cc2c(C)cc(OCC(=O)OCCNC(=O)OC(C)(C)C)cc2C)cc1C(C)C.Cc1ccc(Cc2c(C)cc(OCC(=O)OCC[NH3+])cc2C)cc1C(C)C.[Cl-].[Cl-]. The maximum atomic E-state index is 12.0. The summed E-state index contributed by atoms with van der Waals surface area (Å²) in [7, 11) is 0. The van der Waals surface area contributed by atoms with Crippen LogP contribution >= 0.6 is 0 Å². The predicted octanol–water partition coefficient (Wildman–Crippen LogP) is 10.9. The highest BCUT2D eigenvalue weighted by atomic mass is 35.5. The van der Waals surface area contributed by atoms with Gasteiger partial charge < -0.3 is 89.7 Å². The van der Waals surface area contributed by atoms with Crippen LogP contribution in [0.3, 0.4) is 0 Å². The molecular weight excluding hydrogens is 1480 g/mol. The molecule has 0 saturated carbocycles. The molecule has 8 rings (SSSR count). The Labute approximate surface area is 690 Å². The first-order valence-electron chi connectivity index (χ1n) is 39.0. The molecule has 0 heterocycles. The number of hydrogen-bond acceptors (Lipinski definition) is 14. The van der Waals surface area contributed by atoms with Gasteiger partial charge in [0.25, 0.3) is 0 Å². The number of halogens is 2. The fraction of sp³-hybridized carbons (Fsp3) is 0.436. The Kier molecular flexibility index (Phi) is 41.5. The number of aliphatic carboxylic acids is 1. The number of hydrogen-bond donors (Lipinski definition) is 5. The van der Waals surface area contributed by atoms with Crippen LogP contribution in [0.1, 0.15) is 228 Å². The molecule has 0 aromatic heterocycles. The number of alkyl carbamates (subject to hydrolysis) is 1. The van der Waals surface area contributed by atoms with Gasteiger partial charge in [0.1, 0.15) is 67.3 Å². The van der Waals surface area contributed by atoms with Crippen molar-refractivity contribution in [1.29, 1.82) is 0 Å². The quantitative estimate of drug-likeness (QED) is 0.0154. The highest BCUT2D eigenvalue weighted by Gasteiger charge is 2.20. The van der Waals surface area contributed by atoms with Gasteiger partial charge in [0, 0.05) is 0 Å². The number of carboxylic acid groups (broad SMARTS) is 1. The minimum absolute atomic E-state index is 0. The Morgan fingerprint density at radius 3 is 0.877 bits per heavy atom. The van der Waals surface area contributed by atoms with Crippen molar-refractivity contribution in [3.63, 3.8) is 0 Å². The molecule has 0 spiro atoms. The standard InChI is InChI=1S/C28H39NO5.C23H31NO3.C22H29NO4.C21H26O3.2ClH/c1-18(2)24-15-22(10-9-19(24)3)16-25-20(4)13-23(14-21(25)5)33-17-26(30)32-12-11-29-27(31)34-28(6,7)8;1-15(2)21-12-19(7-6-16(21)3)13-22-17(4)10-20(11-18(22)5)27-14-23(25)26-9-8-24;1-14(2)19-11-17(5-6-21(19)24)12-20-15(3)9-18(10-16(20)4)27-13-22(25)26-8-7-23;1-13(2)19-10-17(7-6-14(19)3)11-20-15(4)8-18(9-16(20)5)24-12-21(22)23;;/h9-10,13-15,18H,11-12,16-17H2,1-8H3,(H,29,31);6-7,10-12,15H,8-9,13-14,24H2,1-5H3;5-6,9-11,14,24H,7-8,12-13,23H2,1-4H3;6-10,13H,11-12H2,1-5H3,(H,22,23);2*1H. The molecule has 622 valence electrons. The van der Waals surface area contributed by atoms with Crippen LogP contribution in [-0.4, -0.2) is 112 Å². The van der Waals surface area contributed by atoms with Crippen LogP contribution in [0.25, 0.3) is 0 Å². The van der Waals surface area contributed by atoms with Crippen LogP contribution in [0.15, 0.2) is 121 Å². The number of phenolic OH excluding ortho intramolecular Hbond substituents is 1. The molecule has 0 aliphatic heterocycles. The summed E-state index contributed by atoms with van der Waals surface area (Å²) < 4.78 is 42.3. The normalized spacial score (nSPS) is 10.8. The van der Waals surface area contributed by atoms with E-state index in [-0.39, 0.29) is 82.2 Å². The molecule has 0 saturated heterocycles. The molecule has 114 heavy (non-hydrogen) atoms. The average molecular weight is 1610 g/mol. The summed E-state index contributed by atoms with van der Waals surface area (Å²) in [6, 6.07) is 41.5. The fourth-order valence-corrected chi connectivity index (χ4v) is 13.2. The van der Waals surface area contributed by atoms with Gasteiger partial charge in [0.2, 0.25) is 0 Å². The number of carbonyl (C=O) groups excluding carboxylic acids is 4. The van der Waals surface area contributed by atoms with E-state index in [9.17, 15) is 29.1 Å². The van der Waals surface area contributed by atoms with Gasteiger partial charge >= 0.3 is 30.0 Å². The summed E-state index contributed by atoms with van der Waals surface area (Å²) in [5.74, 6) is 2.54. The maximum Gasteiger partial charge on any atom is 0.407 e. The Morgan fingerprint density at radius 2 is 0.623 bits per heavy atom. The lowest BCUT2D eigenvalue weighted by Crippen LogP contribution is -3.00. The summed E-state index contributed by atoms with van der Waals surface area (Å²) in [4.78, 5) is 57.4. The number of nitrogens with one attached hydrogen (secondary N) is 1. The second-order valence-electron chi connectivity index (χ2n) is 31.3. The molecule has 0 atom stereocenters. The van der Waals surface area contributed by atoms with E-state index >= 15 is 0 Å². The summed E-state index contributed by atoms with van der Waals surface area (Å²) in [5.41, 5.74) is 35.0. The van der Waals surface area contributed by atoms with Crippen LogP contribution in [0.2, 0.25) is 0 Å². The van der Waals surface area contributed by atoms with Crippen LogP contribution in [0.4, 0.5) is 4.79 Å². The number of aryl methyl sites for hydroxylation is 11. The molecule has 9 N–H and O–H groups in total. The zero-order chi connectivity index (χ0) is 83.3. The number of amides is 1. The minimum atomic E-state index is -0.963. The van der Waals surface area contributed by atoms with Crippen LogP contribution in [0, 0.1) is 76.2 Å². The van der Waals surface area contributed by atoms with Crippen molar-refractivity contribution < 1.29 is 108 Å². The lowest BCUT2D eigenvalue weighted by atomic mass is 9.91. The van der Waals surface area contributed by atoms with Crippen molar-refractivity contribution in [1.82, 2.24) is 5.32 Å². The monoisotopic (exact) mass is 1610 g/mol. The number of rotatable bonds is 31. The van der Waals surface area contributed by atoms with Gasteiger partial charge in [-0.05, 0) is 329 Å². The molecule has 0 unspecified atom stereocenters. The van der Waals surface area contributed by atoms with Crippen LogP contribution < -0.4 is 60.5 Å². The van der Waals surface area contributed by atoms with E-state index in [4.69, 9.17) is 43.0 Å². The van der Waals surface area contributed by atoms with Crippen molar-refractivity contribution >= 4 is 30.0 Å². The summed E-state index contributed by atoms with van der Waals surface area (Å²) in [6.07, 6.45) is 2.85. The molecule has 0 aliphatic rings. The second-order valence-corrected chi connectivity index (χ2v) is 31.3. The maximum absolute atomic E-state index is 12.0. The number of ether oxygens (including phenoxy) is 8. The van der Waals surface area contributed by atoms with E-state index in [0.29, 0.717) is 72.8 Å². The van der Waals surface area contributed by atoms with Gasteiger partial charge in [-0.15, -0.1) is 0 Å². The number of esters is 3. The minimum Gasteiger partial charge on any atom is -1.00 e. The Bertz CT molecular complexity index is 4250. The fourth-order valence-electron chi connectivity index (χ4n) is 13.2. The summed E-state index contributed by atoms with van der Waals surface area (Å²) in [6.45, 7) is 47.1. The summed E-state index contributed by atoms with van der Waals surface area (Å²) in [5, 5.41) is 21.3. The first-order valence-corrected chi connectivity index (χ1v) is 39.0. The number of aromatic hydroxyl groups is 1. The molecule has 0 aliphatic carbocycles. The van der Waals surface area contributed by atoms with Gasteiger partial charge in [-0.3, -0.25) is 0 Å². The second kappa shape index (κ2) is 47.9. The van der Waals surface area contributed by atoms with E-state index < -0.39 is 23.6 Å². The van der Waals surface area contributed by atoms with Crippen LogP contribution in [0.5, 0.6) is 28.7 Å². The lowest BCUT2D eigenvalue weighted by molar-refractivity contribution is -0.372. The highest BCUT2D eigenvalue weighted by Crippen LogP contribution is 2.33. The van der Waals surface area contributed by atoms with Gasteiger partial charge in [0.15, 0.2) is 26.4 Å². The molecule has 0 radical (unpaired) electrons. The van der Waals surface area contributed by atoms with Gasteiger partial charge in [-0.25, -0.2) is 24.0 Å². The molecule has 8 aromatic rings. The Hall–Kier alpha value is -9.59. The van der Waals surface area contributed by atoms with Gasteiger partial charge in [-0.1, -0.05) is 122 Å². The number of carbonyl (C=O) groups is 5. The topological polar surface area (TPSA) is 267 Å². The van der Waals surface area contributed by atoms with E-state index in [1.54, 1.807) is 26.8 Å². The molecule has 18 nitrogen and oxygen atoms in total. The smallest absolute Gasteiger partial charge is 0.407 e.